The lowest BCUT2D eigenvalue weighted by atomic mass is 10.1. The molecule has 3 rings (SSSR count). The molecule has 9 nitrogen and oxygen atoms in total. The highest BCUT2D eigenvalue weighted by molar-refractivity contribution is 5.80. The number of ether oxygens (including phenoxy) is 2. The molecule has 0 amide bonds. The van der Waals surface area contributed by atoms with Crippen LogP contribution in [0, 0.1) is 6.92 Å². The Morgan fingerprint density at radius 1 is 1.16 bits per heavy atom. The summed E-state index contributed by atoms with van der Waals surface area (Å²) >= 11 is 0. The number of aromatic nitrogens is 3. The van der Waals surface area contributed by atoms with Crippen molar-refractivity contribution >= 4 is 5.96 Å². The van der Waals surface area contributed by atoms with Gasteiger partial charge in [-0.1, -0.05) is 12.1 Å². The van der Waals surface area contributed by atoms with E-state index in [1.165, 1.54) is 0 Å². The summed E-state index contributed by atoms with van der Waals surface area (Å²) in [7, 11) is 5.42. The Morgan fingerprint density at radius 3 is 2.53 bits per heavy atom. The van der Waals surface area contributed by atoms with Gasteiger partial charge in [0, 0.05) is 46.4 Å². The van der Waals surface area contributed by atoms with Crippen LogP contribution >= 0.6 is 0 Å². The maximum Gasteiger partial charge on any atom is 0.192 e. The second-order valence-corrected chi connectivity index (χ2v) is 8.20. The first-order valence-corrected chi connectivity index (χ1v) is 11.3. The van der Waals surface area contributed by atoms with Gasteiger partial charge >= 0.3 is 0 Å². The lowest BCUT2D eigenvalue weighted by Gasteiger charge is -2.33. The predicted molar refractivity (Wildman–Crippen MR) is 126 cm³/mol. The Hall–Kier alpha value is -2.65. The second kappa shape index (κ2) is 12.4. The molecule has 0 unspecified atom stereocenters. The van der Waals surface area contributed by atoms with Gasteiger partial charge in [-0.25, -0.2) is 4.99 Å². The summed E-state index contributed by atoms with van der Waals surface area (Å²) in [5.74, 6) is 3.44. The summed E-state index contributed by atoms with van der Waals surface area (Å²) in [5, 5.41) is 15.5. The Labute approximate surface area is 191 Å². The van der Waals surface area contributed by atoms with E-state index in [2.05, 4.69) is 25.7 Å². The molecule has 1 saturated heterocycles. The van der Waals surface area contributed by atoms with Crippen molar-refractivity contribution in [2.75, 3.05) is 40.5 Å². The van der Waals surface area contributed by atoms with Gasteiger partial charge in [-0.05, 0) is 43.9 Å². The third-order valence-electron chi connectivity index (χ3n) is 5.93. The molecule has 1 aliphatic heterocycles. The first-order valence-electron chi connectivity index (χ1n) is 11.3. The van der Waals surface area contributed by atoms with Crippen molar-refractivity contribution in [1.29, 1.82) is 0 Å². The maximum absolute atomic E-state index is 5.25. The Balaban J connectivity index is 1.58. The highest BCUT2D eigenvalue weighted by Gasteiger charge is 2.20. The number of nitrogens with one attached hydrogen (secondary N) is 2. The Kier molecular flexibility index (Phi) is 9.30. The highest BCUT2D eigenvalue weighted by atomic mass is 16.5. The van der Waals surface area contributed by atoms with Crippen molar-refractivity contribution in [1.82, 2.24) is 30.3 Å². The highest BCUT2D eigenvalue weighted by Crippen LogP contribution is 2.13. The molecular formula is C23H37N7O2. The quantitative estimate of drug-likeness (QED) is 0.329. The number of rotatable bonds is 10. The van der Waals surface area contributed by atoms with Gasteiger partial charge in [0.1, 0.15) is 11.6 Å². The first kappa shape index (κ1) is 24.0. The monoisotopic (exact) mass is 443 g/mol. The van der Waals surface area contributed by atoms with Crippen LogP contribution in [-0.2, 0) is 24.9 Å². The normalized spacial score (nSPS) is 15.7. The van der Waals surface area contributed by atoms with Crippen molar-refractivity contribution in [2.24, 2.45) is 12.0 Å². The van der Waals surface area contributed by atoms with Crippen LogP contribution in [0.4, 0.5) is 0 Å². The van der Waals surface area contributed by atoms with E-state index in [1.807, 2.05) is 42.8 Å². The van der Waals surface area contributed by atoms with E-state index >= 15 is 0 Å². The van der Waals surface area contributed by atoms with Crippen LogP contribution in [0.15, 0.2) is 29.3 Å². The molecule has 0 bridgehead atoms. The molecule has 1 aromatic carbocycles. The average molecular weight is 444 g/mol. The van der Waals surface area contributed by atoms with E-state index < -0.39 is 0 Å². The molecule has 2 heterocycles. The molecular weight excluding hydrogens is 406 g/mol. The molecule has 2 N–H and O–H groups in total. The molecule has 1 aliphatic rings. The average Bonchev–Trinajstić information content (AvgIpc) is 3.14. The van der Waals surface area contributed by atoms with Crippen LogP contribution in [0.1, 0.15) is 36.5 Å². The number of likely N-dealkylation sites (tertiary alicyclic amines) is 1. The molecule has 0 spiro atoms. The summed E-state index contributed by atoms with van der Waals surface area (Å²) in [6.45, 7) is 7.22. The molecule has 0 aliphatic carbocycles. The van der Waals surface area contributed by atoms with Crippen LogP contribution < -0.4 is 15.4 Å². The fourth-order valence-electron chi connectivity index (χ4n) is 3.75. The van der Waals surface area contributed by atoms with Crippen molar-refractivity contribution in [3.63, 3.8) is 0 Å². The van der Waals surface area contributed by atoms with Crippen LogP contribution in [0.25, 0.3) is 0 Å². The third kappa shape index (κ3) is 7.20. The molecule has 2 aromatic rings. The standard InChI is InChI=1S/C23H37N7O2/c1-18-27-28-22(29(18)2)17-25-23(24-16-19-6-8-21(32-4)9-7-19)26-20-10-13-30(14-11-20)12-5-15-31-3/h6-9,20H,5,10-17H2,1-4H3,(H2,24,25,26). The van der Waals surface area contributed by atoms with Crippen LogP contribution in [0.5, 0.6) is 5.75 Å². The van der Waals surface area contributed by atoms with E-state index in [9.17, 15) is 0 Å². The zero-order chi connectivity index (χ0) is 22.8. The minimum Gasteiger partial charge on any atom is -0.497 e. The zero-order valence-corrected chi connectivity index (χ0v) is 19.8. The second-order valence-electron chi connectivity index (χ2n) is 8.20. The van der Waals surface area contributed by atoms with Gasteiger partial charge in [-0.15, -0.1) is 10.2 Å². The topological polar surface area (TPSA) is 88.8 Å². The molecule has 32 heavy (non-hydrogen) atoms. The number of benzene rings is 1. The number of aliphatic imine (C=N–C) groups is 1. The Bertz CT molecular complexity index is 843. The third-order valence-corrected chi connectivity index (χ3v) is 5.93. The van der Waals surface area contributed by atoms with Crippen molar-refractivity contribution in [3.8, 4) is 5.75 Å². The summed E-state index contributed by atoms with van der Waals surface area (Å²) in [4.78, 5) is 7.36. The van der Waals surface area contributed by atoms with Gasteiger partial charge in [0.25, 0.3) is 0 Å². The SMILES string of the molecule is COCCCN1CCC(NC(=NCc2ccc(OC)cc2)NCc2nnc(C)n2C)CC1. The van der Waals surface area contributed by atoms with Gasteiger partial charge in [0.05, 0.1) is 20.2 Å². The summed E-state index contributed by atoms with van der Waals surface area (Å²) < 4.78 is 12.4. The lowest BCUT2D eigenvalue weighted by Crippen LogP contribution is -2.48. The van der Waals surface area contributed by atoms with Crippen molar-refractivity contribution in [2.45, 2.75) is 45.3 Å². The molecule has 176 valence electrons. The van der Waals surface area contributed by atoms with Gasteiger partial charge in [0.15, 0.2) is 11.8 Å². The van der Waals surface area contributed by atoms with Gasteiger partial charge in [0.2, 0.25) is 0 Å². The summed E-state index contributed by atoms with van der Waals surface area (Å²) in [6, 6.07) is 8.42. The van der Waals surface area contributed by atoms with Crippen LogP contribution in [0.3, 0.4) is 0 Å². The van der Waals surface area contributed by atoms with Gasteiger partial charge in [-0.2, -0.15) is 0 Å². The number of guanidine groups is 1. The molecule has 0 atom stereocenters. The van der Waals surface area contributed by atoms with E-state index in [0.29, 0.717) is 19.1 Å². The first-order chi connectivity index (χ1) is 15.6. The zero-order valence-electron chi connectivity index (χ0n) is 19.8. The minimum atomic E-state index is 0.400. The fraction of sp³-hybridized carbons (Fsp3) is 0.609. The maximum atomic E-state index is 5.25. The molecule has 0 radical (unpaired) electrons. The number of methoxy groups -OCH3 is 2. The Morgan fingerprint density at radius 2 is 1.91 bits per heavy atom. The number of hydrogen-bond acceptors (Lipinski definition) is 6. The van der Waals surface area contributed by atoms with Gasteiger partial charge < -0.3 is 29.6 Å². The van der Waals surface area contributed by atoms with Crippen LogP contribution in [-0.4, -0.2) is 72.1 Å². The summed E-state index contributed by atoms with van der Waals surface area (Å²) in [5.41, 5.74) is 1.13. The molecule has 9 heteroatoms. The van der Waals surface area contributed by atoms with E-state index in [-0.39, 0.29) is 0 Å². The number of nitrogens with zero attached hydrogens (tertiary/aromatic N) is 5. The predicted octanol–water partition coefficient (Wildman–Crippen LogP) is 1.87. The molecule has 0 saturated carbocycles. The summed E-state index contributed by atoms with van der Waals surface area (Å²) in [6.07, 6.45) is 3.28. The smallest absolute Gasteiger partial charge is 0.192 e. The lowest BCUT2D eigenvalue weighted by molar-refractivity contribution is 0.155. The number of piperidine rings is 1. The largest absolute Gasteiger partial charge is 0.497 e. The van der Waals surface area contributed by atoms with Crippen molar-refractivity contribution in [3.05, 3.63) is 41.5 Å². The number of hydrogen-bond donors (Lipinski definition) is 2. The van der Waals surface area contributed by atoms with Crippen molar-refractivity contribution < 1.29 is 9.47 Å². The molecule has 1 fully saturated rings. The fourth-order valence-corrected chi connectivity index (χ4v) is 3.75. The van der Waals surface area contributed by atoms with Gasteiger partial charge in [-0.3, -0.25) is 0 Å². The number of aryl methyl sites for hydroxylation is 1. The van der Waals surface area contributed by atoms with E-state index in [1.54, 1.807) is 14.2 Å². The molecule has 1 aromatic heterocycles. The minimum absolute atomic E-state index is 0.400. The van der Waals surface area contributed by atoms with E-state index in [4.69, 9.17) is 14.5 Å². The van der Waals surface area contributed by atoms with E-state index in [0.717, 1.165) is 74.4 Å². The van der Waals surface area contributed by atoms with Crippen LogP contribution in [0.2, 0.25) is 0 Å².